The summed E-state index contributed by atoms with van der Waals surface area (Å²) in [5, 5.41) is 2.48. The van der Waals surface area contributed by atoms with E-state index in [4.69, 9.17) is 10.5 Å². The molecular weight excluding hydrogens is 232 g/mol. The molecule has 98 valence electrons. The number of carbonyl (C=O) groups is 2. The molecule has 0 fully saturated rings. The van der Waals surface area contributed by atoms with Gasteiger partial charge in [-0.15, -0.1) is 0 Å². The average Bonchev–Trinajstić information content (AvgIpc) is 2.36. The van der Waals surface area contributed by atoms with Gasteiger partial charge in [0.1, 0.15) is 12.6 Å². The number of nitrogens with two attached hydrogens (primary N) is 1. The molecule has 0 saturated heterocycles. The molecule has 0 radical (unpaired) electrons. The second-order valence-electron chi connectivity index (χ2n) is 4.11. The van der Waals surface area contributed by atoms with Crippen LogP contribution < -0.4 is 11.1 Å². The van der Waals surface area contributed by atoms with Crippen molar-refractivity contribution in [3.05, 3.63) is 35.9 Å². The van der Waals surface area contributed by atoms with Crippen molar-refractivity contribution < 1.29 is 14.3 Å². The zero-order valence-corrected chi connectivity index (χ0v) is 10.6. The molecular formula is C13H18N2O3. The van der Waals surface area contributed by atoms with Gasteiger partial charge < -0.3 is 15.8 Å². The Labute approximate surface area is 106 Å². The molecule has 5 heteroatoms. The van der Waals surface area contributed by atoms with Crippen molar-refractivity contribution >= 4 is 11.9 Å². The van der Waals surface area contributed by atoms with Gasteiger partial charge in [0.15, 0.2) is 0 Å². The number of nitrogens with one attached hydrogen (secondary N) is 1. The second-order valence-corrected chi connectivity index (χ2v) is 4.11. The quantitative estimate of drug-likeness (QED) is 0.749. The molecule has 0 aliphatic carbocycles. The highest BCUT2D eigenvalue weighted by Crippen LogP contribution is 2.01. The van der Waals surface area contributed by atoms with Gasteiger partial charge in [-0.25, -0.2) is 4.79 Å². The van der Waals surface area contributed by atoms with E-state index < -0.39 is 18.1 Å². The SMILES string of the molecule is C[C@H](N)C(=O)N[C@H](C)C(=O)OCc1ccccc1. The summed E-state index contributed by atoms with van der Waals surface area (Å²) in [7, 11) is 0. The van der Waals surface area contributed by atoms with Crippen LogP contribution in [0.15, 0.2) is 30.3 Å². The fourth-order valence-corrected chi connectivity index (χ4v) is 1.26. The third-order valence-electron chi connectivity index (χ3n) is 2.35. The molecule has 1 amide bonds. The lowest BCUT2D eigenvalue weighted by molar-refractivity contribution is -0.148. The maximum Gasteiger partial charge on any atom is 0.328 e. The number of rotatable bonds is 5. The number of hydrogen-bond donors (Lipinski definition) is 2. The van der Waals surface area contributed by atoms with Crippen molar-refractivity contribution in [2.45, 2.75) is 32.5 Å². The van der Waals surface area contributed by atoms with E-state index in [1.54, 1.807) is 13.8 Å². The van der Waals surface area contributed by atoms with Crippen molar-refractivity contribution in [3.8, 4) is 0 Å². The third kappa shape index (κ3) is 4.55. The fraction of sp³-hybridized carbons (Fsp3) is 0.385. The van der Waals surface area contributed by atoms with E-state index in [-0.39, 0.29) is 12.5 Å². The van der Waals surface area contributed by atoms with Crippen molar-refractivity contribution in [1.29, 1.82) is 0 Å². The number of benzene rings is 1. The van der Waals surface area contributed by atoms with Crippen LogP contribution in [0.4, 0.5) is 0 Å². The molecule has 5 nitrogen and oxygen atoms in total. The number of ether oxygens (including phenoxy) is 1. The molecule has 0 aliphatic heterocycles. The van der Waals surface area contributed by atoms with Gasteiger partial charge >= 0.3 is 5.97 Å². The lowest BCUT2D eigenvalue weighted by Crippen LogP contribution is -2.46. The first kappa shape index (κ1) is 14.2. The second kappa shape index (κ2) is 6.76. The molecule has 0 bridgehead atoms. The maximum atomic E-state index is 11.6. The minimum Gasteiger partial charge on any atom is -0.459 e. The van der Waals surface area contributed by atoms with Gasteiger partial charge in [-0.2, -0.15) is 0 Å². The Kier molecular flexibility index (Phi) is 5.32. The Morgan fingerprint density at radius 1 is 1.28 bits per heavy atom. The minimum atomic E-state index is -0.702. The minimum absolute atomic E-state index is 0.193. The Morgan fingerprint density at radius 3 is 2.44 bits per heavy atom. The van der Waals surface area contributed by atoms with Gasteiger partial charge in [0.05, 0.1) is 6.04 Å². The number of amides is 1. The van der Waals surface area contributed by atoms with Crippen molar-refractivity contribution in [1.82, 2.24) is 5.32 Å². The van der Waals surface area contributed by atoms with Crippen molar-refractivity contribution in [3.63, 3.8) is 0 Å². The first-order chi connectivity index (χ1) is 8.50. The smallest absolute Gasteiger partial charge is 0.328 e. The summed E-state index contributed by atoms with van der Waals surface area (Å²) in [5.41, 5.74) is 6.28. The van der Waals surface area contributed by atoms with Gasteiger partial charge in [-0.3, -0.25) is 4.79 Å². The molecule has 3 N–H and O–H groups in total. The van der Waals surface area contributed by atoms with Crippen LogP contribution >= 0.6 is 0 Å². The Morgan fingerprint density at radius 2 is 1.89 bits per heavy atom. The number of esters is 1. The largest absolute Gasteiger partial charge is 0.459 e. The predicted molar refractivity (Wildman–Crippen MR) is 67.5 cm³/mol. The van der Waals surface area contributed by atoms with E-state index in [1.165, 1.54) is 0 Å². The zero-order chi connectivity index (χ0) is 13.5. The molecule has 1 rings (SSSR count). The van der Waals surface area contributed by atoms with Crippen LogP contribution in [0.2, 0.25) is 0 Å². The lowest BCUT2D eigenvalue weighted by atomic mass is 10.2. The van der Waals surface area contributed by atoms with Gasteiger partial charge in [0.2, 0.25) is 5.91 Å². The molecule has 2 atom stereocenters. The van der Waals surface area contributed by atoms with E-state index in [2.05, 4.69) is 5.32 Å². The molecule has 0 aliphatic rings. The highest BCUT2D eigenvalue weighted by Gasteiger charge is 2.18. The summed E-state index contributed by atoms with van der Waals surface area (Å²) >= 11 is 0. The molecule has 0 spiro atoms. The van der Waals surface area contributed by atoms with E-state index in [1.807, 2.05) is 30.3 Å². The normalized spacial score (nSPS) is 13.5. The van der Waals surface area contributed by atoms with E-state index in [0.717, 1.165) is 5.56 Å². The first-order valence-corrected chi connectivity index (χ1v) is 5.77. The average molecular weight is 250 g/mol. The summed E-state index contributed by atoms with van der Waals surface area (Å²) in [5.74, 6) is -0.855. The monoisotopic (exact) mass is 250 g/mol. The van der Waals surface area contributed by atoms with Crippen LogP contribution in [0.3, 0.4) is 0 Å². The van der Waals surface area contributed by atoms with Gasteiger partial charge in [0, 0.05) is 0 Å². The van der Waals surface area contributed by atoms with Crippen molar-refractivity contribution in [2.75, 3.05) is 0 Å². The van der Waals surface area contributed by atoms with Crippen LogP contribution in [-0.2, 0) is 20.9 Å². The van der Waals surface area contributed by atoms with E-state index in [9.17, 15) is 9.59 Å². The van der Waals surface area contributed by atoms with Crippen LogP contribution in [0.25, 0.3) is 0 Å². The lowest BCUT2D eigenvalue weighted by Gasteiger charge is -2.14. The summed E-state index contributed by atoms with van der Waals surface area (Å²) in [4.78, 5) is 22.9. The molecule has 0 unspecified atom stereocenters. The van der Waals surface area contributed by atoms with Gasteiger partial charge in [-0.05, 0) is 19.4 Å². The summed E-state index contributed by atoms with van der Waals surface area (Å²) in [6.45, 7) is 3.31. The van der Waals surface area contributed by atoms with Crippen LogP contribution in [0, 0.1) is 0 Å². The summed E-state index contributed by atoms with van der Waals surface area (Å²) < 4.78 is 5.08. The van der Waals surface area contributed by atoms with Gasteiger partial charge in [-0.1, -0.05) is 30.3 Å². The Hall–Kier alpha value is -1.88. The molecule has 1 aromatic carbocycles. The van der Waals surface area contributed by atoms with Crippen molar-refractivity contribution in [2.24, 2.45) is 5.73 Å². The van der Waals surface area contributed by atoms with Crippen LogP contribution in [-0.4, -0.2) is 24.0 Å². The topological polar surface area (TPSA) is 81.4 Å². The number of hydrogen-bond acceptors (Lipinski definition) is 4. The summed E-state index contributed by atoms with van der Waals surface area (Å²) in [6, 6.07) is 7.99. The summed E-state index contributed by atoms with van der Waals surface area (Å²) in [6.07, 6.45) is 0. The van der Waals surface area contributed by atoms with Crippen LogP contribution in [0.1, 0.15) is 19.4 Å². The highest BCUT2D eigenvalue weighted by atomic mass is 16.5. The van der Waals surface area contributed by atoms with Gasteiger partial charge in [0.25, 0.3) is 0 Å². The highest BCUT2D eigenvalue weighted by molar-refractivity contribution is 5.86. The molecule has 18 heavy (non-hydrogen) atoms. The zero-order valence-electron chi connectivity index (χ0n) is 10.6. The number of carbonyl (C=O) groups excluding carboxylic acids is 2. The molecule has 0 heterocycles. The molecule has 0 aromatic heterocycles. The Balaban J connectivity index is 2.39. The standard InChI is InChI=1S/C13H18N2O3/c1-9(14)12(16)15-10(2)13(17)18-8-11-6-4-3-5-7-11/h3-7,9-10H,8,14H2,1-2H3,(H,15,16)/t9-,10+/m0/s1. The van der Waals surface area contributed by atoms with E-state index in [0.29, 0.717) is 0 Å². The molecule has 1 aromatic rings. The van der Waals surface area contributed by atoms with Crippen LogP contribution in [0.5, 0.6) is 0 Å². The first-order valence-electron chi connectivity index (χ1n) is 5.77. The third-order valence-corrected chi connectivity index (χ3v) is 2.35. The predicted octanol–water partition coefficient (Wildman–Crippen LogP) is 0.582. The Bertz CT molecular complexity index is 404. The maximum absolute atomic E-state index is 11.6. The fourth-order valence-electron chi connectivity index (χ4n) is 1.26. The van der Waals surface area contributed by atoms with E-state index >= 15 is 0 Å². The molecule has 0 saturated carbocycles.